The number of ether oxygens (including phenoxy) is 1. The van der Waals surface area contributed by atoms with Gasteiger partial charge in [-0.05, 0) is 43.4 Å². The van der Waals surface area contributed by atoms with E-state index in [0.717, 1.165) is 75.3 Å². The van der Waals surface area contributed by atoms with Crippen LogP contribution in [0.25, 0.3) is 10.9 Å². The number of hydrogen-bond acceptors (Lipinski definition) is 4. The fourth-order valence-corrected chi connectivity index (χ4v) is 4.02. The molecule has 0 bridgehead atoms. The van der Waals surface area contributed by atoms with Crippen LogP contribution in [0.1, 0.15) is 24.8 Å². The predicted molar refractivity (Wildman–Crippen MR) is 98.8 cm³/mol. The zero-order valence-electron chi connectivity index (χ0n) is 15.1. The maximum Gasteiger partial charge on any atom is 0.416 e. The van der Waals surface area contributed by atoms with Gasteiger partial charge in [0, 0.05) is 49.6 Å². The van der Waals surface area contributed by atoms with E-state index < -0.39 is 11.7 Å². The molecule has 0 saturated carbocycles. The molecule has 0 aliphatic carbocycles. The molecule has 0 spiro atoms. The second-order valence-electron chi connectivity index (χ2n) is 7.54. The number of pyridine rings is 1. The smallest absolute Gasteiger partial charge is 0.382 e. The van der Waals surface area contributed by atoms with E-state index in [-0.39, 0.29) is 0 Å². The second-order valence-corrected chi connectivity index (χ2v) is 7.54. The highest BCUT2D eigenvalue weighted by Crippen LogP contribution is 2.33. The number of piperidine rings is 1. The van der Waals surface area contributed by atoms with Crippen molar-refractivity contribution in [2.45, 2.75) is 31.5 Å². The van der Waals surface area contributed by atoms with E-state index in [1.54, 1.807) is 6.20 Å². The molecule has 1 aromatic carbocycles. The van der Waals surface area contributed by atoms with E-state index in [9.17, 15) is 13.2 Å². The Labute approximate surface area is 156 Å². The largest absolute Gasteiger partial charge is 0.416 e. The number of alkyl halides is 3. The van der Waals surface area contributed by atoms with Gasteiger partial charge in [-0.3, -0.25) is 4.98 Å². The Balaban J connectivity index is 1.40. The standard InChI is InChI=1S/C20H24F3N3O/c21-20(22,23)15-1-2-17-18(3-7-24-19(17)11-15)25-16-4-8-26(9-5-16)12-14-6-10-27-13-14/h1-3,7,11,14,16H,4-6,8-10,12-13H2,(H,24,25). The van der Waals surface area contributed by atoms with Crippen LogP contribution in [0.4, 0.5) is 18.9 Å². The molecule has 2 fully saturated rings. The highest BCUT2D eigenvalue weighted by Gasteiger charge is 2.31. The number of fused-ring (bicyclic) bond motifs is 1. The molecule has 1 unspecified atom stereocenters. The molecule has 0 radical (unpaired) electrons. The highest BCUT2D eigenvalue weighted by molar-refractivity contribution is 5.91. The van der Waals surface area contributed by atoms with Crippen molar-refractivity contribution >= 4 is 16.6 Å². The first-order chi connectivity index (χ1) is 13.0. The van der Waals surface area contributed by atoms with Gasteiger partial charge in [0.1, 0.15) is 0 Å². The Kier molecular flexibility index (Phi) is 5.23. The average Bonchev–Trinajstić information content (AvgIpc) is 3.15. The third kappa shape index (κ3) is 4.35. The molecule has 7 heteroatoms. The second kappa shape index (κ2) is 7.64. The van der Waals surface area contributed by atoms with Crippen molar-refractivity contribution in [3.05, 3.63) is 36.0 Å². The van der Waals surface area contributed by atoms with Gasteiger partial charge < -0.3 is 15.0 Å². The maximum absolute atomic E-state index is 12.9. The summed E-state index contributed by atoms with van der Waals surface area (Å²) >= 11 is 0. The van der Waals surface area contributed by atoms with E-state index in [1.165, 1.54) is 6.07 Å². The molecule has 27 heavy (non-hydrogen) atoms. The fourth-order valence-electron chi connectivity index (χ4n) is 4.02. The molecule has 4 nitrogen and oxygen atoms in total. The normalized spacial score (nSPS) is 22.4. The number of halogens is 3. The van der Waals surface area contributed by atoms with Crippen LogP contribution >= 0.6 is 0 Å². The van der Waals surface area contributed by atoms with Gasteiger partial charge in [-0.25, -0.2) is 0 Å². The predicted octanol–water partition coefficient (Wildman–Crippen LogP) is 4.17. The highest BCUT2D eigenvalue weighted by atomic mass is 19.4. The Hall–Kier alpha value is -1.86. The summed E-state index contributed by atoms with van der Waals surface area (Å²) in [6.07, 6.45) is 0.424. The summed E-state index contributed by atoms with van der Waals surface area (Å²) in [5, 5.41) is 4.26. The minimum Gasteiger partial charge on any atom is -0.382 e. The number of aromatic nitrogens is 1. The summed E-state index contributed by atoms with van der Waals surface area (Å²) in [5.41, 5.74) is 0.564. The van der Waals surface area contributed by atoms with Crippen LogP contribution < -0.4 is 5.32 Å². The molecule has 1 N–H and O–H groups in total. The third-order valence-electron chi connectivity index (χ3n) is 5.56. The van der Waals surface area contributed by atoms with Gasteiger partial charge in [-0.2, -0.15) is 13.2 Å². The Bertz CT molecular complexity index is 782. The zero-order valence-corrected chi connectivity index (χ0v) is 15.1. The first kappa shape index (κ1) is 18.5. The van der Waals surface area contributed by atoms with Crippen LogP contribution in [-0.4, -0.2) is 48.8 Å². The number of likely N-dealkylation sites (tertiary alicyclic amines) is 1. The topological polar surface area (TPSA) is 37.4 Å². The van der Waals surface area contributed by atoms with Crippen molar-refractivity contribution in [2.24, 2.45) is 5.92 Å². The SMILES string of the molecule is FC(F)(F)c1ccc2c(NC3CCN(CC4CCOC4)CC3)ccnc2c1. The summed E-state index contributed by atoms with van der Waals surface area (Å²) in [5.74, 6) is 0.654. The van der Waals surface area contributed by atoms with Crippen molar-refractivity contribution < 1.29 is 17.9 Å². The van der Waals surface area contributed by atoms with Crippen LogP contribution in [0.3, 0.4) is 0 Å². The van der Waals surface area contributed by atoms with Crippen LogP contribution in [0, 0.1) is 5.92 Å². The quantitative estimate of drug-likeness (QED) is 0.865. The molecule has 2 aliphatic rings. The number of benzene rings is 1. The lowest BCUT2D eigenvalue weighted by molar-refractivity contribution is -0.137. The summed E-state index contributed by atoms with van der Waals surface area (Å²) < 4.78 is 44.2. The van der Waals surface area contributed by atoms with Gasteiger partial charge >= 0.3 is 6.18 Å². The van der Waals surface area contributed by atoms with Crippen LogP contribution in [0.15, 0.2) is 30.5 Å². The molecule has 0 amide bonds. The van der Waals surface area contributed by atoms with Crippen molar-refractivity contribution in [3.8, 4) is 0 Å². The molecule has 3 heterocycles. The van der Waals surface area contributed by atoms with E-state index in [4.69, 9.17) is 4.74 Å². The van der Waals surface area contributed by atoms with Gasteiger partial charge in [0.05, 0.1) is 17.7 Å². The van der Waals surface area contributed by atoms with Gasteiger partial charge in [-0.1, -0.05) is 6.07 Å². The Morgan fingerprint density at radius 2 is 1.96 bits per heavy atom. The van der Waals surface area contributed by atoms with E-state index in [0.29, 0.717) is 17.5 Å². The lowest BCUT2D eigenvalue weighted by Gasteiger charge is -2.34. The molecule has 1 atom stereocenters. The zero-order chi connectivity index (χ0) is 18.9. The Morgan fingerprint density at radius 1 is 1.15 bits per heavy atom. The third-order valence-corrected chi connectivity index (χ3v) is 5.56. The van der Waals surface area contributed by atoms with Crippen molar-refractivity contribution in [1.82, 2.24) is 9.88 Å². The molecular formula is C20H24F3N3O. The summed E-state index contributed by atoms with van der Waals surface area (Å²) in [6, 6.07) is 5.93. The van der Waals surface area contributed by atoms with Crippen LogP contribution in [0.2, 0.25) is 0 Å². The van der Waals surface area contributed by atoms with Crippen molar-refractivity contribution in [3.63, 3.8) is 0 Å². The van der Waals surface area contributed by atoms with Gasteiger partial charge in [-0.15, -0.1) is 0 Å². The van der Waals surface area contributed by atoms with E-state index in [1.807, 2.05) is 6.07 Å². The number of anilines is 1. The molecule has 2 aliphatic heterocycles. The van der Waals surface area contributed by atoms with E-state index in [2.05, 4.69) is 15.2 Å². The molecule has 4 rings (SSSR count). The first-order valence-corrected chi connectivity index (χ1v) is 9.51. The molecule has 2 saturated heterocycles. The minimum absolute atomic E-state index is 0.328. The van der Waals surface area contributed by atoms with Crippen molar-refractivity contribution in [1.29, 1.82) is 0 Å². The number of nitrogens with zero attached hydrogens (tertiary/aromatic N) is 2. The Morgan fingerprint density at radius 3 is 2.67 bits per heavy atom. The van der Waals surface area contributed by atoms with Crippen LogP contribution in [0.5, 0.6) is 0 Å². The fraction of sp³-hybridized carbons (Fsp3) is 0.550. The molecule has 2 aromatic rings. The summed E-state index contributed by atoms with van der Waals surface area (Å²) in [4.78, 5) is 6.62. The lowest BCUT2D eigenvalue weighted by Crippen LogP contribution is -2.41. The maximum atomic E-state index is 12.9. The van der Waals surface area contributed by atoms with Gasteiger partial charge in [0.15, 0.2) is 0 Å². The molecular weight excluding hydrogens is 355 g/mol. The average molecular weight is 379 g/mol. The monoisotopic (exact) mass is 379 g/mol. The lowest BCUT2D eigenvalue weighted by atomic mass is 10.0. The first-order valence-electron chi connectivity index (χ1n) is 9.51. The van der Waals surface area contributed by atoms with Gasteiger partial charge in [0.25, 0.3) is 0 Å². The number of rotatable bonds is 4. The molecule has 1 aromatic heterocycles. The number of hydrogen-bond donors (Lipinski definition) is 1. The van der Waals surface area contributed by atoms with Crippen molar-refractivity contribution in [2.75, 3.05) is 38.2 Å². The van der Waals surface area contributed by atoms with E-state index >= 15 is 0 Å². The van der Waals surface area contributed by atoms with Gasteiger partial charge in [0.2, 0.25) is 0 Å². The summed E-state index contributed by atoms with van der Waals surface area (Å²) in [6.45, 7) is 4.94. The minimum atomic E-state index is -4.35. The van der Waals surface area contributed by atoms with Crippen LogP contribution in [-0.2, 0) is 10.9 Å². The summed E-state index contributed by atoms with van der Waals surface area (Å²) in [7, 11) is 0. The molecule has 146 valence electrons. The number of nitrogens with one attached hydrogen (secondary N) is 1.